The molecule has 168 valence electrons. The van der Waals surface area contributed by atoms with E-state index in [0.717, 1.165) is 58.3 Å². The molecule has 30 heavy (non-hydrogen) atoms. The highest BCUT2D eigenvalue weighted by molar-refractivity contribution is 5.79. The summed E-state index contributed by atoms with van der Waals surface area (Å²) in [5, 5.41) is 17.2. The average molecular weight is 418 g/mol. The summed E-state index contributed by atoms with van der Waals surface area (Å²) in [6.07, 6.45) is 0.614. The average Bonchev–Trinajstić information content (AvgIpc) is 2.76. The second-order valence-electron chi connectivity index (χ2n) is 8.90. The number of nitrogens with one attached hydrogen (secondary N) is 2. The Bertz CT molecular complexity index is 688. The van der Waals surface area contributed by atoms with Crippen LogP contribution >= 0.6 is 0 Å². The number of aliphatic hydroxyl groups excluding tert-OH is 1. The van der Waals surface area contributed by atoms with Crippen LogP contribution in [0.15, 0.2) is 29.3 Å². The molecule has 0 aromatic heterocycles. The zero-order valence-corrected chi connectivity index (χ0v) is 18.9. The van der Waals surface area contributed by atoms with E-state index in [1.165, 1.54) is 11.1 Å². The highest BCUT2D eigenvalue weighted by Crippen LogP contribution is 2.18. The van der Waals surface area contributed by atoms with Gasteiger partial charge in [0.2, 0.25) is 0 Å². The van der Waals surface area contributed by atoms with Crippen molar-refractivity contribution in [3.05, 3.63) is 35.4 Å². The van der Waals surface area contributed by atoms with Crippen molar-refractivity contribution >= 4 is 5.96 Å². The van der Waals surface area contributed by atoms with E-state index < -0.39 is 6.10 Å². The Labute approximate surface area is 181 Å². The lowest BCUT2D eigenvalue weighted by Gasteiger charge is -2.40. The fourth-order valence-corrected chi connectivity index (χ4v) is 4.17. The molecular weight excluding hydrogens is 378 g/mol. The van der Waals surface area contributed by atoms with Gasteiger partial charge in [-0.05, 0) is 38.3 Å². The molecule has 1 fully saturated rings. The lowest BCUT2D eigenvalue weighted by Crippen LogP contribution is -2.52. The second kappa shape index (κ2) is 11.1. The maximum Gasteiger partial charge on any atom is 0.191 e. The topological polar surface area (TPSA) is 72.4 Å². The van der Waals surface area contributed by atoms with Gasteiger partial charge < -0.3 is 20.5 Å². The van der Waals surface area contributed by atoms with Crippen LogP contribution in [0, 0.1) is 0 Å². The molecule has 2 aliphatic rings. The number of β-amino-alcohol motifs (C(OH)–C–C–N with tert-alkyl or cyclic N) is 1. The van der Waals surface area contributed by atoms with Crippen LogP contribution in [0.1, 0.15) is 31.9 Å². The summed E-state index contributed by atoms with van der Waals surface area (Å²) >= 11 is 0. The SMILES string of the molecule is CCNC(=NCC(C)(C)N1CCOCC1)NCC(O)CN1CCc2ccccc2C1. The first-order valence-electron chi connectivity index (χ1n) is 11.3. The van der Waals surface area contributed by atoms with Crippen LogP contribution in [0.3, 0.4) is 0 Å². The molecule has 2 heterocycles. The number of hydrogen-bond acceptors (Lipinski definition) is 5. The molecule has 3 N–H and O–H groups in total. The molecule has 1 aromatic rings. The van der Waals surface area contributed by atoms with Gasteiger partial charge in [0.25, 0.3) is 0 Å². The molecule has 0 bridgehead atoms. The van der Waals surface area contributed by atoms with Gasteiger partial charge in [-0.25, -0.2) is 0 Å². The molecule has 7 nitrogen and oxygen atoms in total. The van der Waals surface area contributed by atoms with Gasteiger partial charge in [-0.1, -0.05) is 24.3 Å². The summed E-state index contributed by atoms with van der Waals surface area (Å²) in [4.78, 5) is 9.57. The monoisotopic (exact) mass is 417 g/mol. The fourth-order valence-electron chi connectivity index (χ4n) is 4.17. The van der Waals surface area contributed by atoms with Gasteiger partial charge in [-0.2, -0.15) is 0 Å². The van der Waals surface area contributed by atoms with Gasteiger partial charge in [0.1, 0.15) is 0 Å². The first kappa shape index (κ1) is 23.0. The molecule has 0 saturated carbocycles. The zero-order valence-electron chi connectivity index (χ0n) is 18.9. The number of benzene rings is 1. The summed E-state index contributed by atoms with van der Waals surface area (Å²) in [7, 11) is 0. The standard InChI is InChI=1S/C23H39N5O2/c1-4-24-22(26-18-23(2,3)28-11-13-30-14-12-28)25-15-21(29)17-27-10-9-19-7-5-6-8-20(19)16-27/h5-8,21,29H,4,9-18H2,1-3H3,(H2,24,25,26). The summed E-state index contributed by atoms with van der Waals surface area (Å²) in [5.74, 6) is 0.766. The Morgan fingerprint density at radius 2 is 1.90 bits per heavy atom. The number of rotatable bonds is 8. The van der Waals surface area contributed by atoms with Crippen molar-refractivity contribution in [1.29, 1.82) is 0 Å². The molecule has 1 atom stereocenters. The number of nitrogens with zero attached hydrogens (tertiary/aromatic N) is 3. The minimum Gasteiger partial charge on any atom is -0.390 e. The summed E-state index contributed by atoms with van der Waals surface area (Å²) < 4.78 is 5.47. The van der Waals surface area contributed by atoms with E-state index in [2.05, 4.69) is 65.5 Å². The van der Waals surface area contributed by atoms with Crippen LogP contribution in [-0.4, -0.2) is 91.5 Å². The van der Waals surface area contributed by atoms with Gasteiger partial charge >= 0.3 is 0 Å². The maximum atomic E-state index is 10.6. The normalized spacial score (nSPS) is 19.9. The van der Waals surface area contributed by atoms with Gasteiger partial charge in [0.05, 0.1) is 25.9 Å². The van der Waals surface area contributed by atoms with Gasteiger partial charge in [0, 0.05) is 51.4 Å². The third kappa shape index (κ3) is 6.67. The largest absolute Gasteiger partial charge is 0.390 e. The van der Waals surface area contributed by atoms with E-state index >= 15 is 0 Å². The highest BCUT2D eigenvalue weighted by Gasteiger charge is 2.28. The maximum absolute atomic E-state index is 10.6. The number of morpholine rings is 1. The highest BCUT2D eigenvalue weighted by atomic mass is 16.5. The Morgan fingerprint density at radius 1 is 1.17 bits per heavy atom. The van der Waals surface area contributed by atoms with Crippen LogP contribution in [0.25, 0.3) is 0 Å². The third-order valence-electron chi connectivity index (χ3n) is 6.02. The molecule has 0 radical (unpaired) electrons. The summed E-state index contributed by atoms with van der Waals surface area (Å²) in [6, 6.07) is 8.60. The molecular formula is C23H39N5O2. The number of ether oxygens (including phenoxy) is 1. The fraction of sp³-hybridized carbons (Fsp3) is 0.696. The number of fused-ring (bicyclic) bond motifs is 1. The molecule has 0 spiro atoms. The molecule has 7 heteroatoms. The Morgan fingerprint density at radius 3 is 2.63 bits per heavy atom. The van der Waals surface area contributed by atoms with E-state index in [0.29, 0.717) is 19.6 Å². The first-order valence-corrected chi connectivity index (χ1v) is 11.3. The van der Waals surface area contributed by atoms with Gasteiger partial charge in [-0.3, -0.25) is 14.8 Å². The van der Waals surface area contributed by atoms with E-state index in [-0.39, 0.29) is 5.54 Å². The lowest BCUT2D eigenvalue weighted by atomic mass is 10.00. The van der Waals surface area contributed by atoms with Crippen molar-refractivity contribution in [2.24, 2.45) is 4.99 Å². The van der Waals surface area contributed by atoms with Crippen molar-refractivity contribution in [3.8, 4) is 0 Å². The van der Waals surface area contributed by atoms with E-state index in [9.17, 15) is 5.11 Å². The van der Waals surface area contributed by atoms with Crippen molar-refractivity contribution in [3.63, 3.8) is 0 Å². The molecule has 3 rings (SSSR count). The minimum absolute atomic E-state index is 0.0219. The number of guanidine groups is 1. The molecule has 1 aromatic carbocycles. The minimum atomic E-state index is -0.439. The van der Waals surface area contributed by atoms with Crippen LogP contribution in [0.2, 0.25) is 0 Å². The van der Waals surface area contributed by atoms with Crippen molar-refractivity contribution in [1.82, 2.24) is 20.4 Å². The van der Waals surface area contributed by atoms with Crippen LogP contribution in [0.4, 0.5) is 0 Å². The molecule has 1 saturated heterocycles. The van der Waals surface area contributed by atoms with Crippen molar-refractivity contribution in [2.75, 3.05) is 59.0 Å². The van der Waals surface area contributed by atoms with Gasteiger partial charge in [-0.15, -0.1) is 0 Å². The summed E-state index contributed by atoms with van der Waals surface area (Å²) in [6.45, 7) is 14.6. The van der Waals surface area contributed by atoms with E-state index in [1.54, 1.807) is 0 Å². The molecule has 0 amide bonds. The quantitative estimate of drug-likeness (QED) is 0.434. The number of hydrogen-bond donors (Lipinski definition) is 3. The Hall–Kier alpha value is -1.67. The number of aliphatic imine (C=N–C) groups is 1. The van der Waals surface area contributed by atoms with E-state index in [4.69, 9.17) is 9.73 Å². The Kier molecular flexibility index (Phi) is 8.50. The summed E-state index contributed by atoms with van der Waals surface area (Å²) in [5.41, 5.74) is 2.79. The van der Waals surface area contributed by atoms with E-state index in [1.807, 2.05) is 0 Å². The smallest absolute Gasteiger partial charge is 0.191 e. The zero-order chi connectivity index (χ0) is 21.4. The third-order valence-corrected chi connectivity index (χ3v) is 6.02. The van der Waals surface area contributed by atoms with Crippen LogP contribution < -0.4 is 10.6 Å². The predicted octanol–water partition coefficient (Wildman–Crippen LogP) is 1.07. The first-order chi connectivity index (χ1) is 14.5. The number of aliphatic hydroxyl groups is 1. The molecule has 1 unspecified atom stereocenters. The molecule has 2 aliphatic heterocycles. The predicted molar refractivity (Wildman–Crippen MR) is 122 cm³/mol. The van der Waals surface area contributed by atoms with Crippen LogP contribution in [0.5, 0.6) is 0 Å². The van der Waals surface area contributed by atoms with Gasteiger partial charge in [0.15, 0.2) is 5.96 Å². The van der Waals surface area contributed by atoms with Crippen molar-refractivity contribution in [2.45, 2.75) is 45.4 Å². The second-order valence-corrected chi connectivity index (χ2v) is 8.90. The van der Waals surface area contributed by atoms with Crippen LogP contribution in [-0.2, 0) is 17.7 Å². The Balaban J connectivity index is 1.47. The molecule has 0 aliphatic carbocycles. The lowest BCUT2D eigenvalue weighted by molar-refractivity contribution is -0.00684. The van der Waals surface area contributed by atoms with Crippen molar-refractivity contribution < 1.29 is 9.84 Å².